The number of fused-ring (bicyclic) bond motifs is 1. The molecule has 1 atom stereocenters. The first-order valence-corrected chi connectivity index (χ1v) is 7.31. The number of likely N-dealkylation sites (N-methyl/N-ethyl adjacent to an activating group) is 1. The molecule has 0 fully saturated rings. The number of carbonyl (C=O) groups is 1. The molecule has 0 aliphatic heterocycles. The summed E-state index contributed by atoms with van der Waals surface area (Å²) in [5, 5.41) is 0. The SMILES string of the molecule is CC(c1ccco1)N(C)C(=O)Cn1c(=O)cnc2ccccc21. The summed E-state index contributed by atoms with van der Waals surface area (Å²) in [5.74, 6) is 0.528. The zero-order valence-corrected chi connectivity index (χ0v) is 13.0. The van der Waals surface area contributed by atoms with Gasteiger partial charge < -0.3 is 9.32 Å². The summed E-state index contributed by atoms with van der Waals surface area (Å²) in [5.41, 5.74) is 1.03. The highest BCUT2D eigenvalue weighted by atomic mass is 16.3. The Hall–Kier alpha value is -2.89. The highest BCUT2D eigenvalue weighted by Crippen LogP contribution is 2.19. The van der Waals surface area contributed by atoms with Gasteiger partial charge in [-0.05, 0) is 31.2 Å². The largest absolute Gasteiger partial charge is 0.467 e. The first kappa shape index (κ1) is 15.0. The molecular formula is C17H17N3O3. The summed E-state index contributed by atoms with van der Waals surface area (Å²) in [4.78, 5) is 30.3. The Balaban J connectivity index is 1.88. The van der Waals surface area contributed by atoms with Gasteiger partial charge in [0, 0.05) is 7.05 Å². The van der Waals surface area contributed by atoms with Crippen molar-refractivity contribution in [2.45, 2.75) is 19.5 Å². The maximum Gasteiger partial charge on any atom is 0.269 e. The minimum Gasteiger partial charge on any atom is -0.467 e. The van der Waals surface area contributed by atoms with Gasteiger partial charge in [0.2, 0.25) is 5.91 Å². The van der Waals surface area contributed by atoms with E-state index in [0.29, 0.717) is 16.8 Å². The molecule has 1 aromatic carbocycles. The van der Waals surface area contributed by atoms with Crippen molar-refractivity contribution in [3.05, 3.63) is 65.0 Å². The third-order valence-electron chi connectivity index (χ3n) is 3.98. The van der Waals surface area contributed by atoms with Crippen molar-refractivity contribution < 1.29 is 9.21 Å². The highest BCUT2D eigenvalue weighted by Gasteiger charge is 2.20. The molecule has 1 amide bonds. The van der Waals surface area contributed by atoms with E-state index in [1.165, 1.54) is 10.8 Å². The minimum absolute atomic E-state index is 0.0383. The van der Waals surface area contributed by atoms with Gasteiger partial charge in [-0.1, -0.05) is 12.1 Å². The average molecular weight is 311 g/mol. The van der Waals surface area contributed by atoms with Crippen molar-refractivity contribution in [1.29, 1.82) is 0 Å². The molecule has 0 spiro atoms. The van der Waals surface area contributed by atoms with Crippen LogP contribution in [0, 0.1) is 0 Å². The van der Waals surface area contributed by atoms with E-state index in [1.54, 1.807) is 30.3 Å². The van der Waals surface area contributed by atoms with Crippen molar-refractivity contribution in [2.75, 3.05) is 7.05 Å². The van der Waals surface area contributed by atoms with Crippen LogP contribution in [0.1, 0.15) is 18.7 Å². The predicted octanol–water partition coefficient (Wildman–Crippen LogP) is 2.21. The number of aromatic nitrogens is 2. The van der Waals surface area contributed by atoms with Crippen molar-refractivity contribution >= 4 is 16.9 Å². The molecule has 0 saturated heterocycles. The number of amides is 1. The van der Waals surface area contributed by atoms with Crippen molar-refractivity contribution in [3.63, 3.8) is 0 Å². The molecule has 0 saturated carbocycles. The van der Waals surface area contributed by atoms with Crippen LogP contribution < -0.4 is 5.56 Å². The molecule has 0 radical (unpaired) electrons. The van der Waals surface area contributed by atoms with Gasteiger partial charge >= 0.3 is 0 Å². The molecule has 0 N–H and O–H groups in total. The number of hydrogen-bond acceptors (Lipinski definition) is 4. The van der Waals surface area contributed by atoms with Gasteiger partial charge in [0.15, 0.2) is 0 Å². The van der Waals surface area contributed by atoms with Crippen LogP contribution in [0.4, 0.5) is 0 Å². The van der Waals surface area contributed by atoms with E-state index < -0.39 is 0 Å². The average Bonchev–Trinajstić information content (AvgIpc) is 3.10. The number of nitrogens with zero attached hydrogens (tertiary/aromatic N) is 3. The molecule has 0 bridgehead atoms. The van der Waals surface area contributed by atoms with Gasteiger partial charge in [-0.25, -0.2) is 4.98 Å². The number of rotatable bonds is 4. The summed E-state index contributed by atoms with van der Waals surface area (Å²) in [6, 6.07) is 10.7. The van der Waals surface area contributed by atoms with E-state index in [4.69, 9.17) is 4.42 Å². The molecule has 3 aromatic rings. The Morgan fingerprint density at radius 1 is 1.30 bits per heavy atom. The van der Waals surface area contributed by atoms with Gasteiger partial charge in [-0.15, -0.1) is 0 Å². The number of hydrogen-bond donors (Lipinski definition) is 0. The molecule has 3 rings (SSSR count). The minimum atomic E-state index is -0.295. The van der Waals surface area contributed by atoms with E-state index in [1.807, 2.05) is 31.2 Å². The van der Waals surface area contributed by atoms with Crippen molar-refractivity contribution in [3.8, 4) is 0 Å². The standard InChI is InChI=1S/C17H17N3O3/c1-12(15-8-5-9-23-15)19(2)17(22)11-20-14-7-4-3-6-13(14)18-10-16(20)21/h3-10,12H,11H2,1-2H3. The normalized spacial score (nSPS) is 12.3. The van der Waals surface area contributed by atoms with Gasteiger partial charge in [0.1, 0.15) is 12.3 Å². The Labute approximate surface area is 133 Å². The van der Waals surface area contributed by atoms with E-state index in [-0.39, 0.29) is 24.1 Å². The fraction of sp³-hybridized carbons (Fsp3) is 0.235. The van der Waals surface area contributed by atoms with Crippen LogP contribution in [0.25, 0.3) is 11.0 Å². The van der Waals surface area contributed by atoms with E-state index in [0.717, 1.165) is 0 Å². The number of benzene rings is 1. The topological polar surface area (TPSA) is 68.3 Å². The van der Waals surface area contributed by atoms with E-state index in [9.17, 15) is 9.59 Å². The van der Waals surface area contributed by atoms with Gasteiger partial charge in [0.25, 0.3) is 5.56 Å². The fourth-order valence-electron chi connectivity index (χ4n) is 2.46. The molecule has 2 aromatic heterocycles. The summed E-state index contributed by atoms with van der Waals surface area (Å²) < 4.78 is 6.78. The van der Waals surface area contributed by atoms with Crippen LogP contribution in [-0.4, -0.2) is 27.4 Å². The fourth-order valence-corrected chi connectivity index (χ4v) is 2.46. The monoisotopic (exact) mass is 311 g/mol. The number of furan rings is 1. The summed E-state index contributed by atoms with van der Waals surface area (Å²) >= 11 is 0. The molecule has 2 heterocycles. The molecule has 6 heteroatoms. The van der Waals surface area contributed by atoms with Crippen LogP contribution in [-0.2, 0) is 11.3 Å². The number of para-hydroxylation sites is 2. The lowest BCUT2D eigenvalue weighted by molar-refractivity contribution is -0.132. The van der Waals surface area contributed by atoms with Crippen LogP contribution >= 0.6 is 0 Å². The second-order valence-electron chi connectivity index (χ2n) is 5.37. The Morgan fingerprint density at radius 3 is 2.83 bits per heavy atom. The molecule has 118 valence electrons. The first-order chi connectivity index (χ1) is 11.1. The maximum absolute atomic E-state index is 12.5. The lowest BCUT2D eigenvalue weighted by Gasteiger charge is -2.24. The molecule has 1 unspecified atom stereocenters. The Morgan fingerprint density at radius 2 is 2.09 bits per heavy atom. The van der Waals surface area contributed by atoms with Gasteiger partial charge in [-0.3, -0.25) is 14.2 Å². The van der Waals surface area contributed by atoms with Crippen molar-refractivity contribution in [2.24, 2.45) is 0 Å². The molecule has 0 aliphatic carbocycles. The number of carbonyl (C=O) groups excluding carboxylic acids is 1. The summed E-state index contributed by atoms with van der Waals surface area (Å²) in [6.45, 7) is 1.84. The smallest absolute Gasteiger partial charge is 0.269 e. The maximum atomic E-state index is 12.5. The predicted molar refractivity (Wildman–Crippen MR) is 85.9 cm³/mol. The second-order valence-corrected chi connectivity index (χ2v) is 5.37. The Bertz CT molecular complexity index is 883. The molecule has 23 heavy (non-hydrogen) atoms. The van der Waals surface area contributed by atoms with Crippen LogP contribution in [0.15, 0.2) is 58.1 Å². The molecular weight excluding hydrogens is 294 g/mol. The quantitative estimate of drug-likeness (QED) is 0.741. The molecule has 6 nitrogen and oxygen atoms in total. The third kappa shape index (κ3) is 2.88. The van der Waals surface area contributed by atoms with Gasteiger partial charge in [0.05, 0.1) is 29.5 Å². The second kappa shape index (κ2) is 6.08. The zero-order valence-electron chi connectivity index (χ0n) is 13.0. The van der Waals surface area contributed by atoms with Crippen molar-refractivity contribution in [1.82, 2.24) is 14.5 Å². The molecule has 0 aliphatic rings. The third-order valence-corrected chi connectivity index (χ3v) is 3.98. The highest BCUT2D eigenvalue weighted by molar-refractivity contribution is 5.80. The van der Waals surface area contributed by atoms with Gasteiger partial charge in [-0.2, -0.15) is 0 Å². The lowest BCUT2D eigenvalue weighted by Crippen LogP contribution is -2.35. The van der Waals surface area contributed by atoms with Crippen LogP contribution in [0.3, 0.4) is 0 Å². The van der Waals surface area contributed by atoms with Crippen LogP contribution in [0.5, 0.6) is 0 Å². The summed E-state index contributed by atoms with van der Waals surface area (Å²) in [6.07, 6.45) is 2.82. The van der Waals surface area contributed by atoms with E-state index in [2.05, 4.69) is 4.98 Å². The van der Waals surface area contributed by atoms with Crippen LogP contribution in [0.2, 0.25) is 0 Å². The Kier molecular flexibility index (Phi) is 3.97. The lowest BCUT2D eigenvalue weighted by atomic mass is 10.2. The summed E-state index contributed by atoms with van der Waals surface area (Å²) in [7, 11) is 1.70. The first-order valence-electron chi connectivity index (χ1n) is 7.31. The van der Waals surface area contributed by atoms with E-state index >= 15 is 0 Å². The zero-order chi connectivity index (χ0) is 16.4.